The Balaban J connectivity index is 1.76. The summed E-state index contributed by atoms with van der Waals surface area (Å²) in [6.07, 6.45) is 6.62. The van der Waals surface area contributed by atoms with Crippen molar-refractivity contribution in [3.05, 3.63) is 71.8 Å². The predicted molar refractivity (Wildman–Crippen MR) is 156 cm³/mol. The van der Waals surface area contributed by atoms with E-state index >= 15 is 0 Å². The van der Waals surface area contributed by atoms with Crippen LogP contribution in [0.1, 0.15) is 83.8 Å². The average Bonchev–Trinajstić information content (AvgIpc) is 3.27. The average molecular weight is 540 g/mol. The number of carbonyl (C=O) groups excluding carboxylic acids is 1. The third-order valence-electron chi connectivity index (χ3n) is 7.10. The third-order valence-corrected chi connectivity index (χ3v) is 7.10. The summed E-state index contributed by atoms with van der Waals surface area (Å²) in [5, 5.41) is 0. The quantitative estimate of drug-likeness (QED) is 0.219. The van der Waals surface area contributed by atoms with Crippen molar-refractivity contribution in [3.8, 4) is 0 Å². The summed E-state index contributed by atoms with van der Waals surface area (Å²) in [5.74, 6) is 0. The van der Waals surface area contributed by atoms with Crippen LogP contribution in [0.25, 0.3) is 0 Å². The van der Waals surface area contributed by atoms with Crippen molar-refractivity contribution in [1.29, 1.82) is 0 Å². The lowest BCUT2D eigenvalue weighted by atomic mass is 10.1. The van der Waals surface area contributed by atoms with Gasteiger partial charge in [0.1, 0.15) is 11.7 Å². The van der Waals surface area contributed by atoms with Crippen molar-refractivity contribution in [2.24, 2.45) is 0 Å². The summed E-state index contributed by atoms with van der Waals surface area (Å²) in [6, 6.07) is 20.0. The zero-order chi connectivity index (χ0) is 28.1. The molecule has 1 aliphatic rings. The number of nitrogens with zero attached hydrogens (tertiary/aromatic N) is 1. The SMILES string of the molecule is CCCCCCCCO[C@@H]1[C@@H](N(C)C(=O)OC(C)(C)C)[C@H](OCc2ccccc2)C[C@@H]1OCc1ccccc1. The van der Waals surface area contributed by atoms with Gasteiger partial charge in [0.25, 0.3) is 0 Å². The molecular weight excluding hydrogens is 490 g/mol. The van der Waals surface area contributed by atoms with Crippen molar-refractivity contribution in [3.63, 3.8) is 0 Å². The standard InChI is InChI=1S/C33H49NO5/c1-6-7-8-9-10-17-22-36-31-29(38-25-27-20-15-12-16-21-27)23-28(37-24-26-18-13-11-14-19-26)30(31)34(5)32(35)39-33(2,3)4/h11-16,18-21,28-31H,6-10,17,22-25H2,1-5H3/t28-,29+,30+,31+/m1/s1. The van der Waals surface area contributed by atoms with E-state index in [-0.39, 0.29) is 30.4 Å². The van der Waals surface area contributed by atoms with Crippen molar-refractivity contribution in [2.45, 2.75) is 116 Å². The first-order valence-electron chi connectivity index (χ1n) is 14.7. The second-order valence-electron chi connectivity index (χ2n) is 11.6. The lowest BCUT2D eigenvalue weighted by Crippen LogP contribution is -2.51. The molecule has 0 unspecified atom stereocenters. The van der Waals surface area contributed by atoms with Crippen LogP contribution in [0, 0.1) is 0 Å². The number of hydrogen-bond acceptors (Lipinski definition) is 5. The smallest absolute Gasteiger partial charge is 0.410 e. The minimum atomic E-state index is -0.595. The molecule has 4 atom stereocenters. The van der Waals surface area contributed by atoms with Crippen LogP contribution in [-0.4, -0.2) is 54.6 Å². The first-order valence-corrected chi connectivity index (χ1v) is 14.7. The van der Waals surface area contributed by atoms with E-state index in [1.54, 1.807) is 11.9 Å². The van der Waals surface area contributed by atoms with E-state index in [1.165, 1.54) is 25.7 Å². The molecule has 0 radical (unpaired) electrons. The number of rotatable bonds is 15. The maximum Gasteiger partial charge on any atom is 0.410 e. The molecule has 2 aromatic carbocycles. The summed E-state index contributed by atoms with van der Waals surface area (Å²) in [7, 11) is 1.79. The van der Waals surface area contributed by atoms with E-state index in [9.17, 15) is 4.79 Å². The molecule has 6 nitrogen and oxygen atoms in total. The highest BCUT2D eigenvalue weighted by atomic mass is 16.6. The van der Waals surface area contributed by atoms with Crippen LogP contribution in [0.3, 0.4) is 0 Å². The fourth-order valence-electron chi connectivity index (χ4n) is 5.05. The van der Waals surface area contributed by atoms with Gasteiger partial charge in [0.2, 0.25) is 0 Å². The Morgan fingerprint density at radius 3 is 1.90 bits per heavy atom. The van der Waals surface area contributed by atoms with Gasteiger partial charge in [-0.25, -0.2) is 4.79 Å². The van der Waals surface area contributed by atoms with Crippen molar-refractivity contribution in [2.75, 3.05) is 13.7 Å². The van der Waals surface area contributed by atoms with E-state index in [0.29, 0.717) is 26.2 Å². The molecule has 0 aliphatic heterocycles. The van der Waals surface area contributed by atoms with E-state index in [4.69, 9.17) is 18.9 Å². The van der Waals surface area contributed by atoms with E-state index < -0.39 is 5.60 Å². The first-order chi connectivity index (χ1) is 18.8. The van der Waals surface area contributed by atoms with E-state index in [1.807, 2.05) is 57.2 Å². The number of ether oxygens (including phenoxy) is 4. The van der Waals surface area contributed by atoms with E-state index in [2.05, 4.69) is 31.2 Å². The molecule has 3 rings (SSSR count). The molecule has 0 aromatic heterocycles. The molecule has 1 saturated carbocycles. The Kier molecular flexibility index (Phi) is 12.8. The molecule has 39 heavy (non-hydrogen) atoms. The maximum atomic E-state index is 13.2. The second-order valence-corrected chi connectivity index (χ2v) is 11.6. The summed E-state index contributed by atoms with van der Waals surface area (Å²) in [4.78, 5) is 14.9. The van der Waals surface area contributed by atoms with Crippen molar-refractivity contribution < 1.29 is 23.7 Å². The molecule has 0 heterocycles. The summed E-state index contributed by atoms with van der Waals surface area (Å²) < 4.78 is 25.3. The van der Waals surface area contributed by atoms with Gasteiger partial charge in [0, 0.05) is 20.1 Å². The predicted octanol–water partition coefficient (Wildman–Crippen LogP) is 7.54. The molecule has 1 fully saturated rings. The third kappa shape index (κ3) is 10.6. The number of benzene rings is 2. The highest BCUT2D eigenvalue weighted by molar-refractivity contribution is 5.68. The molecule has 0 spiro atoms. The minimum absolute atomic E-state index is 0.207. The Morgan fingerprint density at radius 1 is 0.795 bits per heavy atom. The lowest BCUT2D eigenvalue weighted by Gasteiger charge is -2.35. The van der Waals surface area contributed by atoms with Crippen molar-refractivity contribution in [1.82, 2.24) is 4.90 Å². The molecule has 1 aliphatic carbocycles. The van der Waals surface area contributed by atoms with Gasteiger partial charge in [-0.05, 0) is 38.3 Å². The topological polar surface area (TPSA) is 57.2 Å². The second kappa shape index (κ2) is 16.0. The first kappa shape index (κ1) is 31.1. The fourth-order valence-corrected chi connectivity index (χ4v) is 5.05. The highest BCUT2D eigenvalue weighted by Gasteiger charge is 2.49. The van der Waals surface area contributed by atoms with Crippen LogP contribution in [0.4, 0.5) is 4.79 Å². The van der Waals surface area contributed by atoms with Gasteiger partial charge in [0.05, 0.1) is 31.5 Å². The van der Waals surface area contributed by atoms with Gasteiger partial charge in [0.15, 0.2) is 0 Å². The Morgan fingerprint density at radius 2 is 1.33 bits per heavy atom. The van der Waals surface area contributed by atoms with Gasteiger partial charge in [-0.1, -0.05) is 99.7 Å². The Bertz CT molecular complexity index is 946. The molecule has 0 bridgehead atoms. The fraction of sp³-hybridized carbons (Fsp3) is 0.606. The van der Waals surface area contributed by atoms with Crippen LogP contribution < -0.4 is 0 Å². The normalized spacial score (nSPS) is 21.2. The van der Waals surface area contributed by atoms with Gasteiger partial charge in [-0.2, -0.15) is 0 Å². The zero-order valence-corrected chi connectivity index (χ0v) is 24.6. The number of likely N-dealkylation sites (N-methyl/N-ethyl adjacent to an activating group) is 1. The molecule has 0 saturated heterocycles. The molecule has 216 valence electrons. The number of amides is 1. The molecule has 1 amide bonds. The molecular formula is C33H49NO5. The van der Waals surface area contributed by atoms with Crippen LogP contribution >= 0.6 is 0 Å². The summed E-state index contributed by atoms with van der Waals surface area (Å²) >= 11 is 0. The van der Waals surface area contributed by atoms with Crippen LogP contribution in [-0.2, 0) is 32.2 Å². The number of hydrogen-bond donors (Lipinski definition) is 0. The van der Waals surface area contributed by atoms with Gasteiger partial charge < -0.3 is 23.8 Å². The summed E-state index contributed by atoms with van der Waals surface area (Å²) in [5.41, 5.74) is 1.61. The lowest BCUT2D eigenvalue weighted by molar-refractivity contribution is -0.0903. The maximum absolute atomic E-state index is 13.2. The molecule has 6 heteroatoms. The van der Waals surface area contributed by atoms with Gasteiger partial charge in [-0.15, -0.1) is 0 Å². The minimum Gasteiger partial charge on any atom is -0.444 e. The van der Waals surface area contributed by atoms with Gasteiger partial charge >= 0.3 is 6.09 Å². The monoisotopic (exact) mass is 539 g/mol. The molecule has 2 aromatic rings. The molecule has 0 N–H and O–H groups in total. The van der Waals surface area contributed by atoms with Gasteiger partial charge in [-0.3, -0.25) is 0 Å². The van der Waals surface area contributed by atoms with Crippen LogP contribution in [0.2, 0.25) is 0 Å². The number of unbranched alkanes of at least 4 members (excludes halogenated alkanes) is 5. The Labute approximate surface area is 236 Å². The Hall–Kier alpha value is -2.41. The summed E-state index contributed by atoms with van der Waals surface area (Å²) in [6.45, 7) is 9.46. The zero-order valence-electron chi connectivity index (χ0n) is 24.6. The largest absolute Gasteiger partial charge is 0.444 e. The van der Waals surface area contributed by atoms with Crippen molar-refractivity contribution >= 4 is 6.09 Å². The van der Waals surface area contributed by atoms with Crippen LogP contribution in [0.5, 0.6) is 0 Å². The number of carbonyl (C=O) groups is 1. The van der Waals surface area contributed by atoms with Crippen LogP contribution in [0.15, 0.2) is 60.7 Å². The van der Waals surface area contributed by atoms with E-state index in [0.717, 1.165) is 24.0 Å². The highest BCUT2D eigenvalue weighted by Crippen LogP contribution is 2.34.